The van der Waals surface area contributed by atoms with Crippen LogP contribution in [-0.4, -0.2) is 37.2 Å². The summed E-state index contributed by atoms with van der Waals surface area (Å²) in [6.45, 7) is 6.08. The van der Waals surface area contributed by atoms with E-state index < -0.39 is 11.6 Å². The maximum Gasteiger partial charge on any atom is 0.251 e. The summed E-state index contributed by atoms with van der Waals surface area (Å²) < 4.78 is 7.21. The van der Waals surface area contributed by atoms with Gasteiger partial charge in [-0.2, -0.15) is 0 Å². The number of para-hydroxylation sites is 1. The van der Waals surface area contributed by atoms with Crippen LogP contribution in [0.3, 0.4) is 0 Å². The summed E-state index contributed by atoms with van der Waals surface area (Å²) >= 11 is 0. The highest BCUT2D eigenvalue weighted by Crippen LogP contribution is 2.26. The van der Waals surface area contributed by atoms with Crippen molar-refractivity contribution in [1.82, 2.24) is 25.2 Å². The average Bonchev–Trinajstić information content (AvgIpc) is 3.50. The molecule has 0 radical (unpaired) electrons. The second-order valence-corrected chi connectivity index (χ2v) is 8.89. The molecule has 8 nitrogen and oxygen atoms in total. The van der Waals surface area contributed by atoms with Crippen molar-refractivity contribution in [2.45, 2.75) is 51.9 Å². The maximum atomic E-state index is 13.8. The second kappa shape index (κ2) is 9.91. The van der Waals surface area contributed by atoms with Crippen LogP contribution in [0, 0.1) is 0 Å². The Kier molecular flexibility index (Phi) is 6.77. The first-order valence-electron chi connectivity index (χ1n) is 11.3. The topological polar surface area (TPSA) is 93.3 Å². The van der Waals surface area contributed by atoms with Gasteiger partial charge < -0.3 is 14.6 Å². The zero-order valence-corrected chi connectivity index (χ0v) is 19.6. The molecule has 4 aromatic rings. The Morgan fingerprint density at radius 1 is 1.06 bits per heavy atom. The van der Waals surface area contributed by atoms with Crippen LogP contribution in [-0.2, 0) is 22.7 Å². The lowest BCUT2D eigenvalue weighted by Crippen LogP contribution is -2.50. The minimum Gasteiger partial charge on any atom is -0.467 e. The van der Waals surface area contributed by atoms with Gasteiger partial charge in [-0.25, -0.2) is 4.68 Å². The van der Waals surface area contributed by atoms with Gasteiger partial charge in [0.15, 0.2) is 6.04 Å². The normalized spacial score (nSPS) is 12.4. The van der Waals surface area contributed by atoms with Crippen molar-refractivity contribution in [3.8, 4) is 0 Å². The molecular formula is C26H29N5O3. The molecule has 2 aromatic heterocycles. The quantitative estimate of drug-likeness (QED) is 0.407. The first-order chi connectivity index (χ1) is 16.4. The Morgan fingerprint density at radius 3 is 2.50 bits per heavy atom. The SMILES string of the molecule is CCC(C)(C)NC(=O)C(c1ccco1)N(Cc1ccccc1)C(=O)Cn1nnc2ccccc21. The lowest BCUT2D eigenvalue weighted by atomic mass is 10.0. The Morgan fingerprint density at radius 2 is 1.79 bits per heavy atom. The van der Waals surface area contributed by atoms with E-state index in [1.54, 1.807) is 21.7 Å². The fourth-order valence-corrected chi connectivity index (χ4v) is 3.72. The molecule has 0 spiro atoms. The van der Waals surface area contributed by atoms with Crippen LogP contribution < -0.4 is 5.32 Å². The Bertz CT molecular complexity index is 1250. The van der Waals surface area contributed by atoms with Gasteiger partial charge in [0.25, 0.3) is 5.91 Å². The van der Waals surface area contributed by atoms with Crippen LogP contribution in [0.1, 0.15) is 44.6 Å². The van der Waals surface area contributed by atoms with Crippen LogP contribution in [0.15, 0.2) is 77.4 Å². The van der Waals surface area contributed by atoms with Crippen molar-refractivity contribution >= 4 is 22.8 Å². The maximum absolute atomic E-state index is 13.8. The number of furan rings is 1. The molecule has 0 fully saturated rings. The molecule has 0 saturated carbocycles. The summed E-state index contributed by atoms with van der Waals surface area (Å²) in [5.41, 5.74) is 1.92. The van der Waals surface area contributed by atoms with E-state index in [4.69, 9.17) is 4.42 Å². The largest absolute Gasteiger partial charge is 0.467 e. The molecule has 0 saturated heterocycles. The molecule has 0 aliphatic carbocycles. The molecule has 2 aromatic carbocycles. The van der Waals surface area contributed by atoms with Crippen molar-refractivity contribution in [3.05, 3.63) is 84.3 Å². The summed E-state index contributed by atoms with van der Waals surface area (Å²) in [5.74, 6) is -0.169. The molecule has 1 unspecified atom stereocenters. The summed E-state index contributed by atoms with van der Waals surface area (Å²) in [7, 11) is 0. The number of carbonyl (C=O) groups excluding carboxylic acids is 2. The molecule has 1 N–H and O–H groups in total. The number of fused-ring (bicyclic) bond motifs is 1. The van der Waals surface area contributed by atoms with Crippen LogP contribution >= 0.6 is 0 Å². The van der Waals surface area contributed by atoms with E-state index in [0.717, 1.165) is 17.5 Å². The van der Waals surface area contributed by atoms with Crippen molar-refractivity contribution < 1.29 is 14.0 Å². The highest BCUT2D eigenvalue weighted by atomic mass is 16.3. The molecule has 1 atom stereocenters. The van der Waals surface area contributed by atoms with Gasteiger partial charge >= 0.3 is 0 Å². The predicted octanol–water partition coefficient (Wildman–Crippen LogP) is 4.10. The molecule has 34 heavy (non-hydrogen) atoms. The molecular weight excluding hydrogens is 430 g/mol. The van der Waals surface area contributed by atoms with Crippen molar-refractivity contribution in [2.24, 2.45) is 0 Å². The Balaban J connectivity index is 1.71. The fraction of sp³-hybridized carbons (Fsp3) is 0.308. The molecule has 0 aliphatic heterocycles. The second-order valence-electron chi connectivity index (χ2n) is 8.89. The van der Waals surface area contributed by atoms with E-state index in [1.807, 2.05) is 75.4 Å². The number of nitrogens with one attached hydrogen (secondary N) is 1. The lowest BCUT2D eigenvalue weighted by molar-refractivity contribution is -0.143. The van der Waals surface area contributed by atoms with Gasteiger partial charge in [0.05, 0.1) is 11.8 Å². The first-order valence-corrected chi connectivity index (χ1v) is 11.3. The molecule has 0 aliphatic rings. The minimum atomic E-state index is -0.941. The smallest absolute Gasteiger partial charge is 0.251 e. The van der Waals surface area contributed by atoms with Crippen molar-refractivity contribution in [2.75, 3.05) is 0 Å². The number of benzene rings is 2. The number of amides is 2. The van der Waals surface area contributed by atoms with Gasteiger partial charge in [-0.3, -0.25) is 9.59 Å². The third-order valence-electron chi connectivity index (χ3n) is 5.94. The summed E-state index contributed by atoms with van der Waals surface area (Å²) in [6, 6.07) is 19.5. The standard InChI is InChI=1S/C26H29N5O3/c1-4-26(2,3)27-25(33)24(22-15-10-16-34-22)30(17-19-11-6-5-7-12-19)23(32)18-31-21-14-9-8-13-20(21)28-29-31/h5-16,24H,4,17-18H2,1-3H3,(H,27,33). The minimum absolute atomic E-state index is 0.0605. The summed E-state index contributed by atoms with van der Waals surface area (Å²) in [5, 5.41) is 11.4. The van der Waals surface area contributed by atoms with E-state index in [9.17, 15) is 9.59 Å². The van der Waals surface area contributed by atoms with E-state index in [1.165, 1.54) is 6.26 Å². The van der Waals surface area contributed by atoms with E-state index in [-0.39, 0.29) is 24.9 Å². The number of nitrogens with zero attached hydrogens (tertiary/aromatic N) is 4. The Labute approximate surface area is 198 Å². The zero-order valence-electron chi connectivity index (χ0n) is 19.6. The zero-order chi connectivity index (χ0) is 24.1. The lowest BCUT2D eigenvalue weighted by Gasteiger charge is -2.33. The van der Waals surface area contributed by atoms with Crippen LogP contribution in [0.5, 0.6) is 0 Å². The molecule has 8 heteroatoms. The Hall–Kier alpha value is -3.94. The van der Waals surface area contributed by atoms with E-state index in [2.05, 4.69) is 15.6 Å². The number of hydrogen-bond acceptors (Lipinski definition) is 5. The predicted molar refractivity (Wildman–Crippen MR) is 128 cm³/mol. The highest BCUT2D eigenvalue weighted by molar-refractivity contribution is 5.89. The van der Waals surface area contributed by atoms with Crippen LogP contribution in [0.4, 0.5) is 0 Å². The van der Waals surface area contributed by atoms with Crippen molar-refractivity contribution in [1.29, 1.82) is 0 Å². The molecule has 0 bridgehead atoms. The van der Waals surface area contributed by atoms with Crippen LogP contribution in [0.25, 0.3) is 11.0 Å². The fourth-order valence-electron chi connectivity index (χ4n) is 3.72. The number of carbonyl (C=O) groups is 2. The molecule has 2 heterocycles. The average molecular weight is 460 g/mol. The van der Waals surface area contributed by atoms with Gasteiger partial charge in [-0.1, -0.05) is 54.6 Å². The van der Waals surface area contributed by atoms with E-state index >= 15 is 0 Å². The van der Waals surface area contributed by atoms with Gasteiger partial charge in [-0.05, 0) is 50.1 Å². The third-order valence-corrected chi connectivity index (χ3v) is 5.94. The first kappa shape index (κ1) is 23.2. The van der Waals surface area contributed by atoms with Gasteiger partial charge in [0, 0.05) is 12.1 Å². The number of aromatic nitrogens is 3. The molecule has 176 valence electrons. The van der Waals surface area contributed by atoms with Gasteiger partial charge in [0.2, 0.25) is 5.91 Å². The monoisotopic (exact) mass is 459 g/mol. The molecule has 4 rings (SSSR count). The van der Waals surface area contributed by atoms with Crippen LogP contribution in [0.2, 0.25) is 0 Å². The van der Waals surface area contributed by atoms with Crippen molar-refractivity contribution in [3.63, 3.8) is 0 Å². The number of rotatable bonds is 9. The molecule has 2 amide bonds. The van der Waals surface area contributed by atoms with Gasteiger partial charge in [-0.15, -0.1) is 5.10 Å². The summed E-state index contributed by atoms with van der Waals surface area (Å²) in [4.78, 5) is 28.9. The van der Waals surface area contributed by atoms with E-state index in [0.29, 0.717) is 11.3 Å². The third kappa shape index (κ3) is 5.17. The highest BCUT2D eigenvalue weighted by Gasteiger charge is 2.36. The van der Waals surface area contributed by atoms with Gasteiger partial charge in [0.1, 0.15) is 17.8 Å². The number of hydrogen-bond donors (Lipinski definition) is 1. The summed E-state index contributed by atoms with van der Waals surface area (Å²) in [6.07, 6.45) is 2.25.